The Bertz CT molecular complexity index is 866. The zero-order valence-corrected chi connectivity index (χ0v) is 15.1. The van der Waals surface area contributed by atoms with Gasteiger partial charge in [-0.3, -0.25) is 4.79 Å². The lowest BCUT2D eigenvalue weighted by molar-refractivity contribution is -0.121. The first-order valence-corrected chi connectivity index (χ1v) is 10.6. The number of benzene rings is 2. The molecule has 0 saturated heterocycles. The molecule has 3 rings (SSSR count). The molecule has 0 spiro atoms. The van der Waals surface area contributed by atoms with Crippen molar-refractivity contribution in [1.82, 2.24) is 5.32 Å². The minimum Gasteiger partial charge on any atom is -0.349 e. The summed E-state index contributed by atoms with van der Waals surface area (Å²) in [5.41, 5.74) is 1.08. The molecule has 0 fully saturated rings. The first kappa shape index (κ1) is 17.9. The van der Waals surface area contributed by atoms with Gasteiger partial charge in [0.15, 0.2) is 9.84 Å². The fourth-order valence-corrected chi connectivity index (χ4v) is 5.11. The fraction of sp³-hybridized carbons (Fsp3) is 0.278. The zero-order valence-electron chi connectivity index (χ0n) is 13.4. The molecule has 0 aromatic heterocycles. The number of amides is 1. The van der Waals surface area contributed by atoms with E-state index in [2.05, 4.69) is 5.32 Å². The van der Waals surface area contributed by atoms with Gasteiger partial charge >= 0.3 is 0 Å². The Kier molecular flexibility index (Phi) is 5.44. The molecule has 0 radical (unpaired) electrons. The average molecular weight is 379 g/mol. The van der Waals surface area contributed by atoms with E-state index in [1.54, 1.807) is 11.8 Å². The van der Waals surface area contributed by atoms with Crippen LogP contribution in [-0.2, 0) is 14.6 Å². The summed E-state index contributed by atoms with van der Waals surface area (Å²) >= 11 is 1.76. The fourth-order valence-electron chi connectivity index (χ4n) is 2.75. The van der Waals surface area contributed by atoms with E-state index >= 15 is 0 Å². The van der Waals surface area contributed by atoms with Gasteiger partial charge in [-0.15, -0.1) is 11.8 Å². The number of sulfone groups is 1. The van der Waals surface area contributed by atoms with Crippen LogP contribution in [0.25, 0.3) is 0 Å². The topological polar surface area (TPSA) is 63.2 Å². The van der Waals surface area contributed by atoms with E-state index in [1.165, 1.54) is 12.1 Å². The predicted octanol–water partition coefficient (Wildman–Crippen LogP) is 3.34. The molecule has 1 aliphatic heterocycles. The quantitative estimate of drug-likeness (QED) is 0.810. The number of fused-ring (bicyclic) bond motifs is 1. The van der Waals surface area contributed by atoms with Crippen molar-refractivity contribution in [3.63, 3.8) is 0 Å². The monoisotopic (exact) mass is 379 g/mol. The van der Waals surface area contributed by atoms with Gasteiger partial charge in [-0.05, 0) is 42.3 Å². The van der Waals surface area contributed by atoms with Crippen molar-refractivity contribution in [2.45, 2.75) is 28.7 Å². The highest BCUT2D eigenvalue weighted by Crippen LogP contribution is 2.35. The van der Waals surface area contributed by atoms with Crippen LogP contribution < -0.4 is 5.32 Å². The Hall–Kier alpha value is -1.86. The molecule has 4 nitrogen and oxygen atoms in total. The maximum atomic E-state index is 12.9. The van der Waals surface area contributed by atoms with E-state index < -0.39 is 15.7 Å². The molecule has 0 saturated carbocycles. The van der Waals surface area contributed by atoms with Gasteiger partial charge in [-0.1, -0.05) is 18.2 Å². The smallest absolute Gasteiger partial charge is 0.221 e. The first-order valence-electron chi connectivity index (χ1n) is 7.95. The summed E-state index contributed by atoms with van der Waals surface area (Å²) in [6.45, 7) is 0. The molecule has 1 unspecified atom stereocenters. The molecule has 1 aliphatic rings. The molecule has 132 valence electrons. The third-order valence-electron chi connectivity index (χ3n) is 4.06. The van der Waals surface area contributed by atoms with Crippen LogP contribution in [0.1, 0.15) is 24.4 Å². The SMILES string of the molecule is O=C(CCS(=O)(=O)c1ccc(F)cc1)NC1CCSc2ccccc21. The van der Waals surface area contributed by atoms with Crippen molar-refractivity contribution in [2.75, 3.05) is 11.5 Å². The minimum atomic E-state index is -3.61. The number of hydrogen-bond donors (Lipinski definition) is 1. The average Bonchev–Trinajstić information content (AvgIpc) is 2.61. The van der Waals surface area contributed by atoms with Gasteiger partial charge in [0.25, 0.3) is 0 Å². The van der Waals surface area contributed by atoms with Crippen LogP contribution >= 0.6 is 11.8 Å². The van der Waals surface area contributed by atoms with Crippen LogP contribution in [-0.4, -0.2) is 25.8 Å². The molecular formula is C18H18FNO3S2. The molecular weight excluding hydrogens is 361 g/mol. The summed E-state index contributed by atoms with van der Waals surface area (Å²) in [4.78, 5) is 13.4. The second-order valence-corrected chi connectivity index (χ2v) is 9.06. The first-order chi connectivity index (χ1) is 12.0. The van der Waals surface area contributed by atoms with E-state index in [0.717, 1.165) is 34.8 Å². The van der Waals surface area contributed by atoms with E-state index in [9.17, 15) is 17.6 Å². The lowest BCUT2D eigenvalue weighted by Gasteiger charge is -2.25. The number of carbonyl (C=O) groups excluding carboxylic acids is 1. The summed E-state index contributed by atoms with van der Waals surface area (Å²) in [6, 6.07) is 12.5. The van der Waals surface area contributed by atoms with Crippen LogP contribution in [0.4, 0.5) is 4.39 Å². The lowest BCUT2D eigenvalue weighted by atomic mass is 10.0. The zero-order chi connectivity index (χ0) is 17.9. The van der Waals surface area contributed by atoms with E-state index in [4.69, 9.17) is 0 Å². The highest BCUT2D eigenvalue weighted by Gasteiger charge is 2.23. The molecule has 1 heterocycles. The van der Waals surface area contributed by atoms with Crippen LogP contribution in [0.2, 0.25) is 0 Å². The largest absolute Gasteiger partial charge is 0.349 e. The molecule has 2 aromatic carbocycles. The summed E-state index contributed by atoms with van der Waals surface area (Å²) in [5, 5.41) is 2.93. The van der Waals surface area contributed by atoms with Crippen molar-refractivity contribution in [1.29, 1.82) is 0 Å². The number of carbonyl (C=O) groups is 1. The van der Waals surface area contributed by atoms with Crippen molar-refractivity contribution < 1.29 is 17.6 Å². The van der Waals surface area contributed by atoms with Crippen molar-refractivity contribution >= 4 is 27.5 Å². The normalized spacial score (nSPS) is 16.9. The Morgan fingerprint density at radius 1 is 1.16 bits per heavy atom. The molecule has 1 N–H and O–H groups in total. The van der Waals surface area contributed by atoms with E-state index in [-0.39, 0.29) is 29.0 Å². The third-order valence-corrected chi connectivity index (χ3v) is 6.92. The predicted molar refractivity (Wildman–Crippen MR) is 95.7 cm³/mol. The van der Waals surface area contributed by atoms with Crippen molar-refractivity contribution in [2.24, 2.45) is 0 Å². The number of thioether (sulfide) groups is 1. The van der Waals surface area contributed by atoms with Crippen LogP contribution in [0.3, 0.4) is 0 Å². The third kappa shape index (κ3) is 4.41. The molecule has 0 bridgehead atoms. The highest BCUT2D eigenvalue weighted by molar-refractivity contribution is 7.99. The standard InChI is InChI=1S/C18H18FNO3S2/c19-13-5-7-14(8-6-13)25(22,23)12-10-18(21)20-16-9-11-24-17-4-2-1-3-15(16)17/h1-8,16H,9-12H2,(H,20,21). The Labute approximate surface area is 150 Å². The van der Waals surface area contributed by atoms with Gasteiger partial charge in [0.05, 0.1) is 16.7 Å². The van der Waals surface area contributed by atoms with Gasteiger partial charge in [-0.2, -0.15) is 0 Å². The Morgan fingerprint density at radius 3 is 2.64 bits per heavy atom. The van der Waals surface area contributed by atoms with Gasteiger partial charge in [0.2, 0.25) is 5.91 Å². The highest BCUT2D eigenvalue weighted by atomic mass is 32.2. The molecule has 7 heteroatoms. The van der Waals surface area contributed by atoms with Crippen molar-refractivity contribution in [3.05, 3.63) is 59.9 Å². The summed E-state index contributed by atoms with van der Waals surface area (Å²) in [7, 11) is -3.61. The minimum absolute atomic E-state index is 0.0288. The summed E-state index contributed by atoms with van der Waals surface area (Å²) < 4.78 is 37.4. The molecule has 2 aromatic rings. The van der Waals surface area contributed by atoms with Crippen LogP contribution in [0.5, 0.6) is 0 Å². The maximum absolute atomic E-state index is 12.9. The van der Waals surface area contributed by atoms with Crippen LogP contribution in [0.15, 0.2) is 58.3 Å². The Morgan fingerprint density at radius 2 is 1.88 bits per heavy atom. The van der Waals surface area contributed by atoms with Crippen molar-refractivity contribution in [3.8, 4) is 0 Å². The van der Waals surface area contributed by atoms with Gasteiger partial charge < -0.3 is 5.32 Å². The number of nitrogens with one attached hydrogen (secondary N) is 1. The molecule has 25 heavy (non-hydrogen) atoms. The van der Waals surface area contributed by atoms with Gasteiger partial charge in [-0.25, -0.2) is 12.8 Å². The summed E-state index contributed by atoms with van der Waals surface area (Å²) in [5.74, 6) is -0.174. The number of halogens is 1. The second kappa shape index (κ2) is 7.58. The van der Waals surface area contributed by atoms with E-state index in [0.29, 0.717) is 0 Å². The van der Waals surface area contributed by atoms with Crippen LogP contribution in [0, 0.1) is 5.82 Å². The number of hydrogen-bond acceptors (Lipinski definition) is 4. The molecule has 1 amide bonds. The summed E-state index contributed by atoms with van der Waals surface area (Å²) in [6.07, 6.45) is 0.698. The van der Waals surface area contributed by atoms with E-state index in [1.807, 2.05) is 24.3 Å². The lowest BCUT2D eigenvalue weighted by Crippen LogP contribution is -2.31. The molecule has 0 aliphatic carbocycles. The molecule has 1 atom stereocenters. The maximum Gasteiger partial charge on any atom is 0.221 e. The van der Waals surface area contributed by atoms with Gasteiger partial charge in [0, 0.05) is 17.1 Å². The number of rotatable bonds is 5. The van der Waals surface area contributed by atoms with Gasteiger partial charge in [0.1, 0.15) is 5.82 Å². The Balaban J connectivity index is 1.61. The second-order valence-electron chi connectivity index (χ2n) is 5.82.